The average molecular weight is 421 g/mol. The normalized spacial score (nSPS) is 12.5. The molecule has 0 bridgehead atoms. The third-order valence-electron chi connectivity index (χ3n) is 4.00. The van der Waals surface area contributed by atoms with E-state index in [4.69, 9.17) is 9.84 Å². The van der Waals surface area contributed by atoms with E-state index < -0.39 is 23.7 Å². The van der Waals surface area contributed by atoms with Crippen LogP contribution in [0.3, 0.4) is 0 Å². The summed E-state index contributed by atoms with van der Waals surface area (Å²) >= 11 is 0. The fourth-order valence-corrected chi connectivity index (χ4v) is 2.46. The van der Waals surface area contributed by atoms with Crippen LogP contribution in [-0.2, 0) is 13.2 Å². The number of aliphatic hydroxyl groups excluding tert-OH is 1. The van der Waals surface area contributed by atoms with Crippen molar-refractivity contribution >= 4 is 5.91 Å². The Kier molecular flexibility index (Phi) is 6.01. The number of aryl methyl sites for hydroxylation is 1. The first-order valence-corrected chi connectivity index (χ1v) is 8.80. The van der Waals surface area contributed by atoms with Crippen molar-refractivity contribution < 1.29 is 27.8 Å². The Morgan fingerprint density at radius 1 is 1.27 bits per heavy atom. The summed E-state index contributed by atoms with van der Waals surface area (Å²) in [5, 5.41) is 15.9. The lowest BCUT2D eigenvalue weighted by Gasteiger charge is -2.13. The van der Waals surface area contributed by atoms with Crippen molar-refractivity contribution in [2.75, 3.05) is 6.61 Å². The van der Waals surface area contributed by atoms with Crippen LogP contribution in [0.2, 0.25) is 0 Å². The minimum atomic E-state index is -4.46. The van der Waals surface area contributed by atoms with Gasteiger partial charge < -0.3 is 15.2 Å². The molecule has 8 nitrogen and oxygen atoms in total. The van der Waals surface area contributed by atoms with Crippen LogP contribution in [0, 0.1) is 0 Å². The van der Waals surface area contributed by atoms with Crippen LogP contribution in [0.1, 0.15) is 22.8 Å². The molecule has 30 heavy (non-hydrogen) atoms. The van der Waals surface area contributed by atoms with Gasteiger partial charge in [-0.05, 0) is 37.3 Å². The predicted octanol–water partition coefficient (Wildman–Crippen LogP) is 2.80. The quantitative estimate of drug-likeness (QED) is 0.635. The Bertz CT molecular complexity index is 1030. The third kappa shape index (κ3) is 4.92. The number of pyridine rings is 1. The Hall–Kier alpha value is -3.47. The summed E-state index contributed by atoms with van der Waals surface area (Å²) in [6.07, 6.45) is -1.76. The molecule has 0 radical (unpaired) electrons. The van der Waals surface area contributed by atoms with E-state index >= 15 is 0 Å². The Balaban J connectivity index is 1.94. The number of hydrogen-bond acceptors (Lipinski definition) is 6. The zero-order chi connectivity index (χ0) is 21.9. The number of rotatable bonds is 6. The van der Waals surface area contributed by atoms with Gasteiger partial charge in [-0.1, -0.05) is 0 Å². The van der Waals surface area contributed by atoms with Crippen molar-refractivity contribution in [2.24, 2.45) is 7.05 Å². The number of carbonyl (C=O) groups excluding carboxylic acids is 1. The minimum absolute atomic E-state index is 0.0210. The summed E-state index contributed by atoms with van der Waals surface area (Å²) in [5.74, 6) is -0.106. The number of hydrogen-bond donors (Lipinski definition) is 2. The minimum Gasteiger partial charge on any atom is -0.438 e. The van der Waals surface area contributed by atoms with Crippen molar-refractivity contribution in [1.29, 1.82) is 0 Å². The van der Waals surface area contributed by atoms with E-state index in [1.54, 1.807) is 14.0 Å². The molecule has 0 saturated heterocycles. The fraction of sp³-hybridized carbons (Fsp3) is 0.263. The molecule has 3 rings (SSSR count). The van der Waals surface area contributed by atoms with Crippen LogP contribution in [-0.4, -0.2) is 43.4 Å². The third-order valence-corrected chi connectivity index (χ3v) is 4.00. The second-order valence-electron chi connectivity index (χ2n) is 6.50. The first kappa shape index (κ1) is 21.2. The average Bonchev–Trinajstić information content (AvgIpc) is 3.14. The lowest BCUT2D eigenvalue weighted by molar-refractivity contribution is -0.137. The number of nitrogens with one attached hydrogen (secondary N) is 1. The molecule has 0 aliphatic carbocycles. The van der Waals surface area contributed by atoms with Gasteiger partial charge in [0.2, 0.25) is 5.88 Å². The second-order valence-corrected chi connectivity index (χ2v) is 6.50. The fourth-order valence-electron chi connectivity index (χ4n) is 2.46. The van der Waals surface area contributed by atoms with E-state index in [-0.39, 0.29) is 35.2 Å². The summed E-state index contributed by atoms with van der Waals surface area (Å²) in [6.45, 7) is 1.40. The number of amides is 1. The molecule has 2 heterocycles. The summed E-state index contributed by atoms with van der Waals surface area (Å²) in [4.78, 5) is 20.6. The van der Waals surface area contributed by atoms with Crippen LogP contribution in [0.4, 0.5) is 13.2 Å². The number of aliphatic hydroxyl groups is 1. The van der Waals surface area contributed by atoms with E-state index in [0.29, 0.717) is 0 Å². The van der Waals surface area contributed by atoms with Gasteiger partial charge in [0.05, 0.1) is 23.3 Å². The van der Waals surface area contributed by atoms with Gasteiger partial charge in [0.1, 0.15) is 12.1 Å². The van der Waals surface area contributed by atoms with Crippen molar-refractivity contribution in [1.82, 2.24) is 25.1 Å². The molecular formula is C19H18F3N5O3. The highest BCUT2D eigenvalue weighted by Gasteiger charge is 2.30. The van der Waals surface area contributed by atoms with E-state index in [1.807, 2.05) is 0 Å². The molecule has 0 saturated carbocycles. The van der Waals surface area contributed by atoms with Crippen molar-refractivity contribution in [3.8, 4) is 23.0 Å². The van der Waals surface area contributed by atoms with E-state index in [0.717, 1.165) is 12.1 Å². The highest BCUT2D eigenvalue weighted by atomic mass is 19.4. The Morgan fingerprint density at radius 2 is 1.97 bits per heavy atom. The highest BCUT2D eigenvalue weighted by Crippen LogP contribution is 2.33. The molecule has 1 atom stereocenters. The van der Waals surface area contributed by atoms with Gasteiger partial charge in [0, 0.05) is 19.3 Å². The number of nitrogens with zero attached hydrogens (tertiary/aromatic N) is 4. The monoisotopic (exact) mass is 421 g/mol. The standard InChI is InChI=1S/C19H18F3N5O3/c1-11(9-28)25-17(29)12-7-15(16-24-10-27(2)26-16)18(23-8-12)30-14-5-3-13(4-6-14)19(20,21)22/h3-8,10-11,28H,9H2,1-2H3,(H,25,29). The van der Waals surface area contributed by atoms with Crippen LogP contribution in [0.25, 0.3) is 11.4 Å². The highest BCUT2D eigenvalue weighted by molar-refractivity contribution is 5.95. The zero-order valence-corrected chi connectivity index (χ0v) is 16.0. The molecule has 3 aromatic rings. The van der Waals surface area contributed by atoms with Crippen LogP contribution in [0.15, 0.2) is 42.9 Å². The molecule has 11 heteroatoms. The van der Waals surface area contributed by atoms with Gasteiger partial charge in [-0.15, -0.1) is 0 Å². The summed E-state index contributed by atoms with van der Waals surface area (Å²) in [5.41, 5.74) is -0.350. The second kappa shape index (κ2) is 8.49. The van der Waals surface area contributed by atoms with Gasteiger partial charge in [-0.25, -0.2) is 9.97 Å². The largest absolute Gasteiger partial charge is 0.438 e. The summed E-state index contributed by atoms with van der Waals surface area (Å²) in [6, 6.07) is 5.13. The zero-order valence-electron chi connectivity index (χ0n) is 16.0. The summed E-state index contributed by atoms with van der Waals surface area (Å²) in [7, 11) is 1.65. The molecular weight excluding hydrogens is 403 g/mol. The molecule has 1 aromatic carbocycles. The van der Waals surface area contributed by atoms with Crippen LogP contribution >= 0.6 is 0 Å². The number of halogens is 3. The number of alkyl halides is 3. The molecule has 0 aliphatic heterocycles. The molecule has 1 unspecified atom stereocenters. The number of benzene rings is 1. The maximum atomic E-state index is 12.7. The van der Waals surface area contributed by atoms with E-state index in [9.17, 15) is 18.0 Å². The Morgan fingerprint density at radius 3 is 2.53 bits per heavy atom. The van der Waals surface area contributed by atoms with Gasteiger partial charge in [0.15, 0.2) is 5.82 Å². The molecule has 2 aromatic heterocycles. The molecule has 0 fully saturated rings. The van der Waals surface area contributed by atoms with Gasteiger partial charge in [-0.2, -0.15) is 18.3 Å². The molecule has 0 aliphatic rings. The lowest BCUT2D eigenvalue weighted by Crippen LogP contribution is -2.35. The molecule has 2 N–H and O–H groups in total. The molecule has 158 valence electrons. The smallest absolute Gasteiger partial charge is 0.416 e. The summed E-state index contributed by atoms with van der Waals surface area (Å²) < 4.78 is 45.3. The Labute approximate surface area is 169 Å². The van der Waals surface area contributed by atoms with E-state index in [1.165, 1.54) is 35.4 Å². The molecule has 1 amide bonds. The topological polar surface area (TPSA) is 102 Å². The number of carbonyl (C=O) groups is 1. The van der Waals surface area contributed by atoms with Crippen molar-refractivity contribution in [3.05, 3.63) is 54.0 Å². The molecule has 0 spiro atoms. The van der Waals surface area contributed by atoms with Gasteiger partial charge >= 0.3 is 6.18 Å². The maximum absolute atomic E-state index is 12.7. The first-order chi connectivity index (χ1) is 14.2. The maximum Gasteiger partial charge on any atom is 0.416 e. The van der Waals surface area contributed by atoms with Crippen LogP contribution < -0.4 is 10.1 Å². The predicted molar refractivity (Wildman–Crippen MR) is 99.8 cm³/mol. The van der Waals surface area contributed by atoms with E-state index in [2.05, 4.69) is 20.4 Å². The van der Waals surface area contributed by atoms with Crippen molar-refractivity contribution in [2.45, 2.75) is 19.1 Å². The van der Waals surface area contributed by atoms with Gasteiger partial charge in [-0.3, -0.25) is 9.48 Å². The van der Waals surface area contributed by atoms with Gasteiger partial charge in [0.25, 0.3) is 5.91 Å². The number of ether oxygens (including phenoxy) is 1. The number of aromatic nitrogens is 4. The lowest BCUT2D eigenvalue weighted by atomic mass is 10.1. The SMILES string of the molecule is CC(CO)NC(=O)c1cnc(Oc2ccc(C(F)(F)F)cc2)c(-c2ncn(C)n2)c1. The first-order valence-electron chi connectivity index (χ1n) is 8.80. The van der Waals surface area contributed by atoms with Crippen molar-refractivity contribution in [3.63, 3.8) is 0 Å². The van der Waals surface area contributed by atoms with Crippen LogP contribution in [0.5, 0.6) is 11.6 Å².